The highest BCUT2D eigenvalue weighted by molar-refractivity contribution is 5.86. The molecule has 0 aromatic carbocycles. The molecule has 4 N–H and O–H groups in total. The Hall–Kier alpha value is -1.72. The molecule has 82 valence electrons. The number of hydrogen-bond donors (Lipinski definition) is 2. The first-order chi connectivity index (χ1) is 7.02. The number of aryl methyl sites for hydroxylation is 2. The monoisotopic (exact) mass is 209 g/mol. The van der Waals surface area contributed by atoms with Crippen LogP contribution in [-0.2, 0) is 11.8 Å². The number of primary amides is 1. The summed E-state index contributed by atoms with van der Waals surface area (Å²) in [6.07, 6.45) is 0.791. The van der Waals surface area contributed by atoms with Gasteiger partial charge in [-0.2, -0.15) is 5.10 Å². The van der Waals surface area contributed by atoms with Crippen molar-refractivity contribution in [1.29, 1.82) is 0 Å². The summed E-state index contributed by atoms with van der Waals surface area (Å²) in [5.41, 5.74) is 12.6. The summed E-state index contributed by atoms with van der Waals surface area (Å²) in [6.45, 7) is 2.65. The third kappa shape index (κ3) is 1.33. The highest BCUT2D eigenvalue weighted by Gasteiger charge is 2.35. The summed E-state index contributed by atoms with van der Waals surface area (Å²) in [6, 6.07) is -0.234. The molecule has 15 heavy (non-hydrogen) atoms. The lowest BCUT2D eigenvalue weighted by atomic mass is 10.0. The predicted molar refractivity (Wildman–Crippen MR) is 57.3 cm³/mol. The second-order valence-electron chi connectivity index (χ2n) is 3.85. The van der Waals surface area contributed by atoms with Gasteiger partial charge in [-0.3, -0.25) is 9.48 Å². The molecule has 0 bridgehead atoms. The van der Waals surface area contributed by atoms with Crippen molar-refractivity contribution in [2.24, 2.45) is 12.8 Å². The van der Waals surface area contributed by atoms with Crippen molar-refractivity contribution in [2.45, 2.75) is 19.4 Å². The number of nitrogens with two attached hydrogens (primary N) is 2. The Kier molecular flexibility index (Phi) is 2.06. The Morgan fingerprint density at radius 3 is 2.60 bits per heavy atom. The Morgan fingerprint density at radius 2 is 2.27 bits per heavy atom. The van der Waals surface area contributed by atoms with Crippen molar-refractivity contribution in [3.63, 3.8) is 0 Å². The maximum atomic E-state index is 11.1. The highest BCUT2D eigenvalue weighted by atomic mass is 16.1. The van der Waals surface area contributed by atoms with E-state index < -0.39 is 0 Å². The van der Waals surface area contributed by atoms with Crippen LogP contribution in [0.3, 0.4) is 0 Å². The fourth-order valence-corrected chi connectivity index (χ4v) is 1.94. The minimum Gasteiger partial charge on any atom is -0.394 e. The van der Waals surface area contributed by atoms with Gasteiger partial charge in [-0.05, 0) is 13.3 Å². The van der Waals surface area contributed by atoms with Crippen LogP contribution in [0.25, 0.3) is 0 Å². The molecule has 1 aliphatic rings. The van der Waals surface area contributed by atoms with Crippen molar-refractivity contribution in [1.82, 2.24) is 9.78 Å². The van der Waals surface area contributed by atoms with Crippen LogP contribution >= 0.6 is 0 Å². The molecule has 6 heteroatoms. The summed E-state index contributed by atoms with van der Waals surface area (Å²) in [4.78, 5) is 13.0. The van der Waals surface area contributed by atoms with Gasteiger partial charge in [0.1, 0.15) is 6.04 Å². The first-order valence-corrected chi connectivity index (χ1v) is 4.87. The van der Waals surface area contributed by atoms with Gasteiger partial charge in [0, 0.05) is 13.6 Å². The molecule has 0 saturated carbocycles. The molecule has 6 nitrogen and oxygen atoms in total. The third-order valence-corrected chi connectivity index (χ3v) is 2.86. The molecule has 1 fully saturated rings. The first-order valence-electron chi connectivity index (χ1n) is 4.87. The number of amides is 1. The van der Waals surface area contributed by atoms with E-state index in [1.807, 2.05) is 18.9 Å². The van der Waals surface area contributed by atoms with E-state index in [4.69, 9.17) is 11.5 Å². The van der Waals surface area contributed by atoms with Crippen LogP contribution in [0.15, 0.2) is 0 Å². The number of rotatable bonds is 2. The Balaban J connectivity index is 2.34. The minimum absolute atomic E-state index is 0.234. The van der Waals surface area contributed by atoms with Crippen molar-refractivity contribution in [3.8, 4) is 0 Å². The van der Waals surface area contributed by atoms with Crippen LogP contribution in [0.2, 0.25) is 0 Å². The van der Waals surface area contributed by atoms with E-state index in [1.54, 1.807) is 4.68 Å². The quantitative estimate of drug-likeness (QED) is 0.679. The standard InChI is InChI=1S/C9H15N5O/c1-5-7(10)9(13(2)12-5)14-4-3-6(14)8(11)15/h6H,3-4,10H2,1-2H3,(H2,11,15). The fourth-order valence-electron chi connectivity index (χ4n) is 1.94. The molecule has 1 unspecified atom stereocenters. The van der Waals surface area contributed by atoms with Crippen molar-refractivity contribution < 1.29 is 4.79 Å². The molecule has 2 rings (SSSR count). The third-order valence-electron chi connectivity index (χ3n) is 2.86. The molecule has 1 aromatic rings. The number of hydrogen-bond acceptors (Lipinski definition) is 4. The highest BCUT2D eigenvalue weighted by Crippen LogP contribution is 2.32. The molecule has 1 aliphatic heterocycles. The van der Waals surface area contributed by atoms with Gasteiger partial charge in [-0.25, -0.2) is 0 Å². The summed E-state index contributed by atoms with van der Waals surface area (Å²) >= 11 is 0. The maximum absolute atomic E-state index is 11.1. The smallest absolute Gasteiger partial charge is 0.240 e. The second-order valence-corrected chi connectivity index (χ2v) is 3.85. The van der Waals surface area contributed by atoms with Gasteiger partial charge < -0.3 is 16.4 Å². The molecule has 0 radical (unpaired) electrons. The molecule has 1 atom stereocenters. The van der Waals surface area contributed by atoms with Crippen LogP contribution in [0.5, 0.6) is 0 Å². The lowest BCUT2D eigenvalue weighted by molar-refractivity contribution is -0.120. The van der Waals surface area contributed by atoms with E-state index in [0.29, 0.717) is 5.69 Å². The van der Waals surface area contributed by atoms with Crippen LogP contribution in [0.1, 0.15) is 12.1 Å². The van der Waals surface area contributed by atoms with E-state index in [0.717, 1.165) is 24.5 Å². The van der Waals surface area contributed by atoms with Gasteiger partial charge in [-0.15, -0.1) is 0 Å². The van der Waals surface area contributed by atoms with Gasteiger partial charge in [-0.1, -0.05) is 0 Å². The number of carbonyl (C=O) groups excluding carboxylic acids is 1. The van der Waals surface area contributed by atoms with Gasteiger partial charge in [0.25, 0.3) is 0 Å². The SMILES string of the molecule is Cc1nn(C)c(N2CCC2C(N)=O)c1N. The summed E-state index contributed by atoms with van der Waals surface area (Å²) in [5, 5.41) is 4.21. The summed E-state index contributed by atoms with van der Waals surface area (Å²) < 4.78 is 1.69. The lowest BCUT2D eigenvalue weighted by Crippen LogP contribution is -2.55. The second kappa shape index (κ2) is 3.15. The average Bonchev–Trinajstić information content (AvgIpc) is 2.29. The van der Waals surface area contributed by atoms with Crippen LogP contribution in [0.4, 0.5) is 11.5 Å². The number of carbonyl (C=O) groups is 1. The Bertz CT molecular complexity index is 411. The zero-order valence-electron chi connectivity index (χ0n) is 8.90. The van der Waals surface area contributed by atoms with Crippen LogP contribution in [-0.4, -0.2) is 28.3 Å². The largest absolute Gasteiger partial charge is 0.394 e. The minimum atomic E-state index is -0.306. The van der Waals surface area contributed by atoms with E-state index in [1.165, 1.54) is 0 Å². The van der Waals surface area contributed by atoms with E-state index >= 15 is 0 Å². The van der Waals surface area contributed by atoms with Gasteiger partial charge in [0.2, 0.25) is 5.91 Å². The predicted octanol–water partition coefficient (Wildman–Crippen LogP) is -0.625. The molecule has 1 saturated heterocycles. The average molecular weight is 209 g/mol. The molecule has 0 aliphatic carbocycles. The van der Waals surface area contributed by atoms with Crippen molar-refractivity contribution in [3.05, 3.63) is 5.69 Å². The lowest BCUT2D eigenvalue weighted by Gasteiger charge is -2.40. The normalized spacial score (nSPS) is 20.1. The number of nitrogen functional groups attached to an aromatic ring is 1. The van der Waals surface area contributed by atoms with E-state index in [-0.39, 0.29) is 11.9 Å². The molecular weight excluding hydrogens is 194 g/mol. The van der Waals surface area contributed by atoms with E-state index in [2.05, 4.69) is 5.10 Å². The van der Waals surface area contributed by atoms with Crippen LogP contribution < -0.4 is 16.4 Å². The molecule has 1 amide bonds. The number of nitrogens with zero attached hydrogens (tertiary/aromatic N) is 3. The number of aromatic nitrogens is 2. The zero-order valence-corrected chi connectivity index (χ0v) is 8.90. The van der Waals surface area contributed by atoms with E-state index in [9.17, 15) is 4.79 Å². The summed E-state index contributed by atoms with van der Waals surface area (Å²) in [5.74, 6) is 0.488. The topological polar surface area (TPSA) is 90.2 Å². The van der Waals surface area contributed by atoms with Gasteiger partial charge in [0.15, 0.2) is 5.82 Å². The maximum Gasteiger partial charge on any atom is 0.240 e. The Morgan fingerprint density at radius 1 is 1.60 bits per heavy atom. The first kappa shape index (κ1) is 9.82. The Labute approximate surface area is 87.8 Å². The molecule has 1 aromatic heterocycles. The van der Waals surface area contributed by atoms with Gasteiger partial charge in [0.05, 0.1) is 11.4 Å². The fraction of sp³-hybridized carbons (Fsp3) is 0.556. The van der Waals surface area contributed by atoms with Crippen LogP contribution in [0, 0.1) is 6.92 Å². The zero-order chi connectivity index (χ0) is 11.2. The van der Waals surface area contributed by atoms with Gasteiger partial charge >= 0.3 is 0 Å². The summed E-state index contributed by atoms with van der Waals surface area (Å²) in [7, 11) is 1.81. The van der Waals surface area contributed by atoms with Crippen molar-refractivity contribution in [2.75, 3.05) is 17.2 Å². The number of anilines is 2. The molecule has 2 heterocycles. The molecular formula is C9H15N5O. The van der Waals surface area contributed by atoms with Crippen molar-refractivity contribution >= 4 is 17.4 Å². The molecule has 0 spiro atoms.